The van der Waals surface area contributed by atoms with Gasteiger partial charge in [0.1, 0.15) is 0 Å². The number of hydrogen-bond donors (Lipinski definition) is 1. The zero-order chi connectivity index (χ0) is 19.8. The number of rotatable bonds is 7. The highest BCUT2D eigenvalue weighted by Crippen LogP contribution is 2.13. The predicted octanol–water partition coefficient (Wildman–Crippen LogP) is 2.71. The van der Waals surface area contributed by atoms with Crippen LogP contribution in [-0.2, 0) is 14.3 Å². The van der Waals surface area contributed by atoms with E-state index in [0.29, 0.717) is 5.56 Å². The van der Waals surface area contributed by atoms with Crippen LogP contribution in [0.25, 0.3) is 0 Å². The molecule has 2 aromatic carbocycles. The molecule has 6 heteroatoms. The number of esters is 1. The van der Waals surface area contributed by atoms with E-state index in [4.69, 9.17) is 4.74 Å². The lowest BCUT2D eigenvalue weighted by molar-refractivity contribution is -0.153. The van der Waals surface area contributed by atoms with E-state index in [9.17, 15) is 14.4 Å². The SMILES string of the molecule is Cc1cccc(C(=O)NCCC(=O)O[C@H](C)C(=O)N(C)c2ccccc2)c1. The summed E-state index contributed by atoms with van der Waals surface area (Å²) in [6, 6.07) is 16.3. The molecule has 0 aliphatic rings. The molecule has 0 saturated carbocycles. The molecule has 0 spiro atoms. The molecule has 0 aromatic heterocycles. The van der Waals surface area contributed by atoms with Crippen molar-refractivity contribution < 1.29 is 19.1 Å². The molecule has 2 amide bonds. The lowest BCUT2D eigenvalue weighted by atomic mass is 10.1. The maximum Gasteiger partial charge on any atom is 0.308 e. The van der Waals surface area contributed by atoms with Gasteiger partial charge in [0.2, 0.25) is 0 Å². The fraction of sp³-hybridized carbons (Fsp3) is 0.286. The van der Waals surface area contributed by atoms with E-state index in [-0.39, 0.29) is 24.8 Å². The number of carbonyl (C=O) groups is 3. The molecule has 0 heterocycles. The number of likely N-dealkylation sites (N-methyl/N-ethyl adjacent to an activating group) is 1. The first kappa shape index (κ1) is 20.2. The second kappa shape index (κ2) is 9.52. The monoisotopic (exact) mass is 368 g/mol. The van der Waals surface area contributed by atoms with Crippen LogP contribution in [0.1, 0.15) is 29.3 Å². The molecule has 0 bridgehead atoms. The summed E-state index contributed by atoms with van der Waals surface area (Å²) in [4.78, 5) is 37.8. The molecule has 0 unspecified atom stereocenters. The molecule has 1 N–H and O–H groups in total. The zero-order valence-corrected chi connectivity index (χ0v) is 15.8. The molecule has 0 saturated heterocycles. The number of anilines is 1. The van der Waals surface area contributed by atoms with E-state index in [0.717, 1.165) is 11.3 Å². The molecular weight excluding hydrogens is 344 g/mol. The van der Waals surface area contributed by atoms with Crippen molar-refractivity contribution in [3.05, 3.63) is 65.7 Å². The molecule has 2 aromatic rings. The van der Waals surface area contributed by atoms with Crippen molar-refractivity contribution in [1.29, 1.82) is 0 Å². The average Bonchev–Trinajstić information content (AvgIpc) is 2.67. The Morgan fingerprint density at radius 2 is 1.78 bits per heavy atom. The first-order chi connectivity index (χ1) is 12.9. The molecule has 0 radical (unpaired) electrons. The summed E-state index contributed by atoms with van der Waals surface area (Å²) < 4.78 is 5.18. The van der Waals surface area contributed by atoms with Gasteiger partial charge >= 0.3 is 5.97 Å². The third kappa shape index (κ3) is 5.95. The Morgan fingerprint density at radius 1 is 1.07 bits per heavy atom. The molecular formula is C21H24N2O4. The Balaban J connectivity index is 1.78. The molecule has 1 atom stereocenters. The molecule has 27 heavy (non-hydrogen) atoms. The van der Waals surface area contributed by atoms with Gasteiger partial charge in [-0.1, -0.05) is 35.9 Å². The minimum absolute atomic E-state index is 0.00970. The van der Waals surface area contributed by atoms with Gasteiger partial charge in [-0.2, -0.15) is 0 Å². The summed E-state index contributed by atoms with van der Waals surface area (Å²) in [5.74, 6) is -1.11. The van der Waals surface area contributed by atoms with Crippen LogP contribution in [0.5, 0.6) is 0 Å². The van der Waals surface area contributed by atoms with Crippen LogP contribution in [0.15, 0.2) is 54.6 Å². The van der Waals surface area contributed by atoms with Crippen molar-refractivity contribution in [3.63, 3.8) is 0 Å². The first-order valence-electron chi connectivity index (χ1n) is 8.75. The highest BCUT2D eigenvalue weighted by atomic mass is 16.5. The second-order valence-corrected chi connectivity index (χ2v) is 6.24. The number of benzene rings is 2. The maximum absolute atomic E-state index is 12.4. The Bertz CT molecular complexity index is 805. The summed E-state index contributed by atoms with van der Waals surface area (Å²) in [6.07, 6.45) is -0.917. The third-order valence-corrected chi connectivity index (χ3v) is 4.03. The number of aryl methyl sites for hydroxylation is 1. The highest BCUT2D eigenvalue weighted by molar-refractivity contribution is 5.97. The summed E-state index contributed by atoms with van der Waals surface area (Å²) in [7, 11) is 1.63. The summed E-state index contributed by atoms with van der Waals surface area (Å²) in [6.45, 7) is 3.57. The van der Waals surface area contributed by atoms with Crippen LogP contribution in [0.2, 0.25) is 0 Å². The number of ether oxygens (including phenoxy) is 1. The van der Waals surface area contributed by atoms with Crippen molar-refractivity contribution in [2.45, 2.75) is 26.4 Å². The first-order valence-corrected chi connectivity index (χ1v) is 8.75. The van der Waals surface area contributed by atoms with Crippen molar-refractivity contribution in [2.75, 3.05) is 18.5 Å². The van der Waals surface area contributed by atoms with E-state index < -0.39 is 12.1 Å². The number of nitrogens with one attached hydrogen (secondary N) is 1. The summed E-state index contributed by atoms with van der Waals surface area (Å²) in [5, 5.41) is 2.67. The van der Waals surface area contributed by atoms with Gasteiger partial charge in [-0.05, 0) is 38.1 Å². The van der Waals surface area contributed by atoms with E-state index >= 15 is 0 Å². The predicted molar refractivity (Wildman–Crippen MR) is 104 cm³/mol. The third-order valence-electron chi connectivity index (χ3n) is 4.03. The van der Waals surface area contributed by atoms with Crippen LogP contribution >= 0.6 is 0 Å². The van der Waals surface area contributed by atoms with Crippen LogP contribution in [0.4, 0.5) is 5.69 Å². The van der Waals surface area contributed by atoms with Crippen molar-refractivity contribution >= 4 is 23.5 Å². The van der Waals surface area contributed by atoms with Gasteiger partial charge in [0.25, 0.3) is 11.8 Å². The topological polar surface area (TPSA) is 75.7 Å². The van der Waals surface area contributed by atoms with Gasteiger partial charge in [-0.25, -0.2) is 0 Å². The average molecular weight is 368 g/mol. The quantitative estimate of drug-likeness (QED) is 0.763. The van der Waals surface area contributed by atoms with Crippen LogP contribution in [-0.4, -0.2) is 37.5 Å². The lowest BCUT2D eigenvalue weighted by Crippen LogP contribution is -2.38. The molecule has 0 aliphatic heterocycles. The van der Waals surface area contributed by atoms with Gasteiger partial charge in [-0.3, -0.25) is 14.4 Å². The van der Waals surface area contributed by atoms with E-state index in [1.54, 1.807) is 37.4 Å². The fourth-order valence-electron chi connectivity index (χ4n) is 2.52. The summed E-state index contributed by atoms with van der Waals surface area (Å²) >= 11 is 0. The largest absolute Gasteiger partial charge is 0.452 e. The standard InChI is InChI=1S/C21H24N2O4/c1-15-8-7-9-17(14-15)20(25)22-13-12-19(24)27-16(2)21(26)23(3)18-10-5-4-6-11-18/h4-11,14,16H,12-13H2,1-3H3,(H,22,25)/t16-/m1/s1. The fourth-order valence-corrected chi connectivity index (χ4v) is 2.52. The molecule has 6 nitrogen and oxygen atoms in total. The van der Waals surface area contributed by atoms with Crippen molar-refractivity contribution in [2.24, 2.45) is 0 Å². The molecule has 0 fully saturated rings. The Kier molecular flexibility index (Phi) is 7.11. The minimum atomic E-state index is -0.907. The van der Waals surface area contributed by atoms with Gasteiger partial charge in [0, 0.05) is 24.8 Å². The summed E-state index contributed by atoms with van der Waals surface area (Å²) in [5.41, 5.74) is 2.24. The maximum atomic E-state index is 12.4. The highest BCUT2D eigenvalue weighted by Gasteiger charge is 2.22. The Labute approximate surface area is 159 Å². The van der Waals surface area contributed by atoms with Gasteiger partial charge in [0.05, 0.1) is 6.42 Å². The van der Waals surface area contributed by atoms with Gasteiger partial charge in [0.15, 0.2) is 6.10 Å². The van der Waals surface area contributed by atoms with E-state index in [1.807, 2.05) is 31.2 Å². The number of amides is 2. The van der Waals surface area contributed by atoms with Crippen molar-refractivity contribution in [3.8, 4) is 0 Å². The molecule has 142 valence electrons. The molecule has 0 aliphatic carbocycles. The number of nitrogens with zero attached hydrogens (tertiary/aromatic N) is 1. The number of carbonyl (C=O) groups excluding carboxylic acids is 3. The van der Waals surface area contributed by atoms with Crippen molar-refractivity contribution in [1.82, 2.24) is 5.32 Å². The van der Waals surface area contributed by atoms with E-state index in [2.05, 4.69) is 5.32 Å². The number of para-hydroxylation sites is 1. The second-order valence-electron chi connectivity index (χ2n) is 6.24. The Hall–Kier alpha value is -3.15. The lowest BCUT2D eigenvalue weighted by Gasteiger charge is -2.21. The van der Waals surface area contributed by atoms with Gasteiger partial charge < -0.3 is 15.0 Å². The number of hydrogen-bond acceptors (Lipinski definition) is 4. The van der Waals surface area contributed by atoms with E-state index in [1.165, 1.54) is 11.8 Å². The van der Waals surface area contributed by atoms with Crippen LogP contribution in [0, 0.1) is 6.92 Å². The van der Waals surface area contributed by atoms with Crippen LogP contribution in [0.3, 0.4) is 0 Å². The Morgan fingerprint density at radius 3 is 2.44 bits per heavy atom. The molecule has 2 rings (SSSR count). The van der Waals surface area contributed by atoms with Gasteiger partial charge in [-0.15, -0.1) is 0 Å². The zero-order valence-electron chi connectivity index (χ0n) is 15.8. The smallest absolute Gasteiger partial charge is 0.308 e. The normalized spacial score (nSPS) is 11.4. The van der Waals surface area contributed by atoms with Crippen LogP contribution < -0.4 is 10.2 Å². The minimum Gasteiger partial charge on any atom is -0.452 e.